The molecule has 0 spiro atoms. The number of para-hydroxylation sites is 1. The van der Waals surface area contributed by atoms with E-state index < -0.39 is 0 Å². The molecule has 122 valence electrons. The van der Waals surface area contributed by atoms with Crippen molar-refractivity contribution in [3.8, 4) is 0 Å². The second kappa shape index (κ2) is 8.27. The van der Waals surface area contributed by atoms with Gasteiger partial charge < -0.3 is 15.4 Å². The predicted molar refractivity (Wildman–Crippen MR) is 89.3 cm³/mol. The SMILES string of the molecule is CCOCC1CNCCN1CC(=O)Nc1c(C)cccc1C. The zero-order valence-electron chi connectivity index (χ0n) is 13.8. The van der Waals surface area contributed by atoms with Crippen LogP contribution < -0.4 is 10.6 Å². The monoisotopic (exact) mass is 305 g/mol. The number of ether oxygens (including phenoxy) is 1. The van der Waals surface area contributed by atoms with Gasteiger partial charge in [0.2, 0.25) is 5.91 Å². The number of carbonyl (C=O) groups excluding carboxylic acids is 1. The van der Waals surface area contributed by atoms with E-state index >= 15 is 0 Å². The van der Waals surface area contributed by atoms with E-state index in [1.807, 2.05) is 39.0 Å². The van der Waals surface area contributed by atoms with Gasteiger partial charge in [-0.15, -0.1) is 0 Å². The van der Waals surface area contributed by atoms with Crippen LogP contribution in [0.1, 0.15) is 18.1 Å². The second-order valence-corrected chi connectivity index (χ2v) is 5.80. The van der Waals surface area contributed by atoms with E-state index in [0.29, 0.717) is 19.8 Å². The smallest absolute Gasteiger partial charge is 0.238 e. The maximum Gasteiger partial charge on any atom is 0.238 e. The number of nitrogens with zero attached hydrogens (tertiary/aromatic N) is 1. The fourth-order valence-electron chi connectivity index (χ4n) is 2.80. The molecule has 1 saturated heterocycles. The number of hydrogen-bond donors (Lipinski definition) is 2. The summed E-state index contributed by atoms with van der Waals surface area (Å²) < 4.78 is 5.53. The van der Waals surface area contributed by atoms with E-state index in [0.717, 1.165) is 36.4 Å². The molecule has 5 heteroatoms. The maximum atomic E-state index is 12.4. The molecule has 2 N–H and O–H groups in total. The van der Waals surface area contributed by atoms with Gasteiger partial charge in [-0.05, 0) is 31.9 Å². The summed E-state index contributed by atoms with van der Waals surface area (Å²) >= 11 is 0. The molecule has 1 unspecified atom stereocenters. The van der Waals surface area contributed by atoms with Crippen molar-refractivity contribution in [2.24, 2.45) is 0 Å². The highest BCUT2D eigenvalue weighted by Crippen LogP contribution is 2.19. The van der Waals surface area contributed by atoms with Crippen LogP contribution in [0, 0.1) is 13.8 Å². The first-order valence-corrected chi connectivity index (χ1v) is 8.00. The molecule has 0 radical (unpaired) electrons. The lowest BCUT2D eigenvalue weighted by Crippen LogP contribution is -2.55. The summed E-state index contributed by atoms with van der Waals surface area (Å²) in [4.78, 5) is 14.6. The van der Waals surface area contributed by atoms with Gasteiger partial charge in [-0.1, -0.05) is 18.2 Å². The highest BCUT2D eigenvalue weighted by Gasteiger charge is 2.24. The zero-order valence-corrected chi connectivity index (χ0v) is 13.8. The largest absolute Gasteiger partial charge is 0.380 e. The lowest BCUT2D eigenvalue weighted by Gasteiger charge is -2.35. The Labute approximate surface area is 133 Å². The number of rotatable bonds is 6. The minimum absolute atomic E-state index is 0.0424. The molecule has 0 aliphatic carbocycles. The molecule has 1 aromatic rings. The van der Waals surface area contributed by atoms with E-state index in [1.165, 1.54) is 0 Å². The molecular formula is C17H27N3O2. The molecule has 0 aromatic heterocycles. The van der Waals surface area contributed by atoms with E-state index in [9.17, 15) is 4.79 Å². The van der Waals surface area contributed by atoms with E-state index in [1.54, 1.807) is 0 Å². The molecule has 1 atom stereocenters. The fraction of sp³-hybridized carbons (Fsp3) is 0.588. The highest BCUT2D eigenvalue weighted by molar-refractivity contribution is 5.93. The van der Waals surface area contributed by atoms with Gasteiger partial charge in [0, 0.05) is 38.0 Å². The average molecular weight is 305 g/mol. The number of benzene rings is 1. The van der Waals surface area contributed by atoms with Crippen LogP contribution in [0.3, 0.4) is 0 Å². The van der Waals surface area contributed by atoms with Crippen LogP contribution >= 0.6 is 0 Å². The molecule has 1 amide bonds. The summed E-state index contributed by atoms with van der Waals surface area (Å²) in [6.07, 6.45) is 0. The summed E-state index contributed by atoms with van der Waals surface area (Å²) in [5.74, 6) is 0.0424. The molecular weight excluding hydrogens is 278 g/mol. The van der Waals surface area contributed by atoms with Crippen molar-refractivity contribution >= 4 is 11.6 Å². The molecule has 1 aliphatic heterocycles. The van der Waals surface area contributed by atoms with Gasteiger partial charge in [0.05, 0.1) is 13.2 Å². The van der Waals surface area contributed by atoms with Crippen molar-refractivity contribution < 1.29 is 9.53 Å². The molecule has 0 bridgehead atoms. The zero-order chi connectivity index (χ0) is 15.9. The van der Waals surface area contributed by atoms with Gasteiger partial charge in [-0.25, -0.2) is 0 Å². The van der Waals surface area contributed by atoms with Gasteiger partial charge in [0.15, 0.2) is 0 Å². The minimum Gasteiger partial charge on any atom is -0.380 e. The fourth-order valence-corrected chi connectivity index (χ4v) is 2.80. The Balaban J connectivity index is 1.95. The van der Waals surface area contributed by atoms with Crippen LogP contribution in [0.15, 0.2) is 18.2 Å². The Morgan fingerprint density at radius 3 is 2.82 bits per heavy atom. The standard InChI is InChI=1S/C17H27N3O2/c1-4-22-12-15-10-18-8-9-20(15)11-16(21)19-17-13(2)6-5-7-14(17)3/h5-7,15,18H,4,8-12H2,1-3H3,(H,19,21). The number of hydrogen-bond acceptors (Lipinski definition) is 4. The number of nitrogens with one attached hydrogen (secondary N) is 2. The van der Waals surface area contributed by atoms with Gasteiger partial charge in [0.1, 0.15) is 0 Å². The molecule has 2 rings (SSSR count). The third kappa shape index (κ3) is 4.53. The molecule has 22 heavy (non-hydrogen) atoms. The predicted octanol–water partition coefficient (Wildman–Crippen LogP) is 1.55. The number of carbonyl (C=O) groups is 1. The van der Waals surface area contributed by atoms with Crippen LogP contribution in [0.4, 0.5) is 5.69 Å². The van der Waals surface area contributed by atoms with Gasteiger partial charge in [-0.2, -0.15) is 0 Å². The Bertz CT molecular complexity index is 484. The molecule has 5 nitrogen and oxygen atoms in total. The average Bonchev–Trinajstić information content (AvgIpc) is 2.50. The van der Waals surface area contributed by atoms with Gasteiger partial charge in [-0.3, -0.25) is 9.69 Å². The third-order valence-electron chi connectivity index (χ3n) is 4.08. The lowest BCUT2D eigenvalue weighted by molar-refractivity contribution is -0.118. The number of aryl methyl sites for hydroxylation is 2. The number of amides is 1. The van der Waals surface area contributed by atoms with Crippen LogP contribution in [0.5, 0.6) is 0 Å². The second-order valence-electron chi connectivity index (χ2n) is 5.80. The first-order chi connectivity index (χ1) is 10.6. The normalized spacial score (nSPS) is 19.1. The molecule has 1 heterocycles. The van der Waals surface area contributed by atoms with Crippen molar-refractivity contribution in [2.45, 2.75) is 26.8 Å². The Morgan fingerprint density at radius 2 is 2.14 bits per heavy atom. The first-order valence-electron chi connectivity index (χ1n) is 8.00. The summed E-state index contributed by atoms with van der Waals surface area (Å²) in [5, 5.41) is 6.42. The topological polar surface area (TPSA) is 53.6 Å². The Kier molecular flexibility index (Phi) is 6.36. The van der Waals surface area contributed by atoms with Gasteiger partial charge in [0.25, 0.3) is 0 Å². The summed E-state index contributed by atoms with van der Waals surface area (Å²) in [5.41, 5.74) is 3.13. The molecule has 1 aliphatic rings. The summed E-state index contributed by atoms with van der Waals surface area (Å²) in [6.45, 7) is 10.5. The van der Waals surface area contributed by atoms with E-state index in [4.69, 9.17) is 4.74 Å². The van der Waals surface area contributed by atoms with Crippen LogP contribution in [0.25, 0.3) is 0 Å². The quantitative estimate of drug-likeness (QED) is 0.837. The summed E-state index contributed by atoms with van der Waals surface area (Å²) in [6, 6.07) is 6.31. The molecule has 1 fully saturated rings. The van der Waals surface area contributed by atoms with E-state index in [2.05, 4.69) is 15.5 Å². The van der Waals surface area contributed by atoms with Crippen molar-refractivity contribution in [2.75, 3.05) is 44.7 Å². The number of anilines is 1. The van der Waals surface area contributed by atoms with Gasteiger partial charge >= 0.3 is 0 Å². The maximum absolute atomic E-state index is 12.4. The van der Waals surface area contributed by atoms with Crippen LogP contribution in [-0.4, -0.2) is 56.2 Å². The molecule has 1 aromatic carbocycles. The van der Waals surface area contributed by atoms with E-state index in [-0.39, 0.29) is 11.9 Å². The van der Waals surface area contributed by atoms with Crippen LogP contribution in [0.2, 0.25) is 0 Å². The van der Waals surface area contributed by atoms with Crippen molar-refractivity contribution in [1.29, 1.82) is 0 Å². The third-order valence-corrected chi connectivity index (χ3v) is 4.08. The van der Waals surface area contributed by atoms with Crippen molar-refractivity contribution in [3.05, 3.63) is 29.3 Å². The molecule has 0 saturated carbocycles. The van der Waals surface area contributed by atoms with Crippen molar-refractivity contribution in [1.82, 2.24) is 10.2 Å². The highest BCUT2D eigenvalue weighted by atomic mass is 16.5. The lowest BCUT2D eigenvalue weighted by atomic mass is 10.1. The van der Waals surface area contributed by atoms with Crippen molar-refractivity contribution in [3.63, 3.8) is 0 Å². The van der Waals surface area contributed by atoms with Crippen LogP contribution in [-0.2, 0) is 9.53 Å². The minimum atomic E-state index is 0.0424. The first kappa shape index (κ1) is 16.9. The summed E-state index contributed by atoms with van der Waals surface area (Å²) in [7, 11) is 0. The Hall–Kier alpha value is -1.43. The Morgan fingerprint density at radius 1 is 1.41 bits per heavy atom. The number of piperazine rings is 1.